The van der Waals surface area contributed by atoms with Crippen LogP contribution in [0.4, 0.5) is 0 Å². The van der Waals surface area contributed by atoms with Gasteiger partial charge < -0.3 is 9.47 Å². The van der Waals surface area contributed by atoms with Gasteiger partial charge in [-0.2, -0.15) is 0 Å². The van der Waals surface area contributed by atoms with Crippen molar-refractivity contribution >= 4 is 5.97 Å². The van der Waals surface area contributed by atoms with Crippen LogP contribution in [0.1, 0.15) is 58.4 Å². The van der Waals surface area contributed by atoms with Crippen molar-refractivity contribution in [3.8, 4) is 17.0 Å². The number of pyridine rings is 1. The summed E-state index contributed by atoms with van der Waals surface area (Å²) < 4.78 is 10.9. The van der Waals surface area contributed by atoms with Crippen LogP contribution in [0.15, 0.2) is 42.6 Å². The zero-order valence-electron chi connectivity index (χ0n) is 17.4. The Kier molecular flexibility index (Phi) is 9.70. The third-order valence-electron chi connectivity index (χ3n) is 4.63. The number of aromatic nitrogens is 1. The highest BCUT2D eigenvalue weighted by atomic mass is 16.5. The maximum absolute atomic E-state index is 12.1. The smallest absolute Gasteiger partial charge is 0.316 e. The lowest BCUT2D eigenvalue weighted by Crippen LogP contribution is -2.22. The number of ether oxygens (including phenoxy) is 2. The maximum Gasteiger partial charge on any atom is 0.316 e. The van der Waals surface area contributed by atoms with Gasteiger partial charge in [-0.05, 0) is 62.1 Å². The second-order valence-electron chi connectivity index (χ2n) is 7.28. The van der Waals surface area contributed by atoms with Crippen molar-refractivity contribution in [2.45, 2.75) is 59.3 Å². The molecule has 0 fully saturated rings. The van der Waals surface area contributed by atoms with Crippen LogP contribution in [-0.4, -0.2) is 24.2 Å². The number of hydrogen-bond donors (Lipinski definition) is 0. The Morgan fingerprint density at radius 2 is 1.79 bits per heavy atom. The van der Waals surface area contributed by atoms with Crippen molar-refractivity contribution in [3.63, 3.8) is 0 Å². The van der Waals surface area contributed by atoms with E-state index < -0.39 is 0 Å². The van der Waals surface area contributed by atoms with E-state index in [0.29, 0.717) is 19.0 Å². The molecule has 0 aliphatic heterocycles. The van der Waals surface area contributed by atoms with Crippen LogP contribution in [0.2, 0.25) is 0 Å². The summed E-state index contributed by atoms with van der Waals surface area (Å²) in [5.41, 5.74) is 3.22. The molecule has 4 nitrogen and oxygen atoms in total. The van der Waals surface area contributed by atoms with E-state index in [1.54, 1.807) is 0 Å². The van der Waals surface area contributed by atoms with E-state index in [1.165, 1.54) is 31.2 Å². The number of rotatable bonds is 12. The Morgan fingerprint density at radius 3 is 2.43 bits per heavy atom. The van der Waals surface area contributed by atoms with E-state index in [4.69, 9.17) is 9.47 Å². The molecule has 0 bridgehead atoms. The minimum atomic E-state index is -0.280. The van der Waals surface area contributed by atoms with Gasteiger partial charge in [-0.25, -0.2) is 0 Å². The number of benzene rings is 1. The van der Waals surface area contributed by atoms with Crippen LogP contribution in [0.3, 0.4) is 0 Å². The first-order valence-corrected chi connectivity index (χ1v) is 10.5. The van der Waals surface area contributed by atoms with E-state index in [1.807, 2.05) is 44.3 Å². The number of hydrogen-bond acceptors (Lipinski definition) is 4. The third-order valence-corrected chi connectivity index (χ3v) is 4.63. The highest BCUT2D eigenvalue weighted by molar-refractivity contribution is 5.75. The Hall–Kier alpha value is -2.20. The fourth-order valence-electron chi connectivity index (χ4n) is 2.88. The molecule has 1 aromatic carbocycles. The first kappa shape index (κ1) is 22.1. The SMILES string of the molecule is CCCCCCc1ccc(-c2ccc(OC(=O)C(C)COCCC)cc2)nc1. The molecule has 0 radical (unpaired) electrons. The number of carbonyl (C=O) groups is 1. The molecule has 1 atom stereocenters. The minimum absolute atomic E-state index is 0.269. The lowest BCUT2D eigenvalue weighted by atomic mass is 10.1. The van der Waals surface area contributed by atoms with Crippen LogP contribution >= 0.6 is 0 Å². The van der Waals surface area contributed by atoms with Crippen LogP contribution in [0, 0.1) is 5.92 Å². The predicted octanol–water partition coefficient (Wildman–Crippen LogP) is 5.84. The lowest BCUT2D eigenvalue weighted by Gasteiger charge is -2.11. The van der Waals surface area contributed by atoms with E-state index in [2.05, 4.69) is 24.0 Å². The molecule has 0 saturated heterocycles. The molecular weight excluding hydrogens is 350 g/mol. The van der Waals surface area contributed by atoms with Crippen molar-refractivity contribution in [2.24, 2.45) is 5.92 Å². The van der Waals surface area contributed by atoms with Crippen molar-refractivity contribution in [1.82, 2.24) is 4.98 Å². The Bertz CT molecular complexity index is 695. The number of esters is 1. The monoisotopic (exact) mass is 383 g/mol. The molecule has 1 aromatic heterocycles. The Balaban J connectivity index is 1.87. The molecule has 28 heavy (non-hydrogen) atoms. The summed E-state index contributed by atoms with van der Waals surface area (Å²) in [7, 11) is 0. The topological polar surface area (TPSA) is 48.4 Å². The van der Waals surface area contributed by atoms with Gasteiger partial charge in [-0.1, -0.05) is 39.2 Å². The molecule has 0 spiro atoms. The van der Waals surface area contributed by atoms with Gasteiger partial charge in [0.05, 0.1) is 18.2 Å². The summed E-state index contributed by atoms with van der Waals surface area (Å²) in [6, 6.07) is 11.7. The second-order valence-corrected chi connectivity index (χ2v) is 7.28. The van der Waals surface area contributed by atoms with Crippen molar-refractivity contribution < 1.29 is 14.3 Å². The van der Waals surface area contributed by atoms with Crippen molar-refractivity contribution in [1.29, 1.82) is 0 Å². The van der Waals surface area contributed by atoms with Gasteiger partial charge in [-0.15, -0.1) is 0 Å². The molecule has 2 rings (SSSR count). The highest BCUT2D eigenvalue weighted by Crippen LogP contribution is 2.22. The molecule has 2 aromatic rings. The van der Waals surface area contributed by atoms with Gasteiger partial charge in [0.2, 0.25) is 0 Å². The number of unbranched alkanes of at least 4 members (excludes halogenated alkanes) is 3. The van der Waals surface area contributed by atoms with Crippen LogP contribution < -0.4 is 4.74 Å². The molecule has 0 aliphatic rings. The largest absolute Gasteiger partial charge is 0.426 e. The normalized spacial score (nSPS) is 12.0. The Labute approximate surface area is 169 Å². The zero-order chi connectivity index (χ0) is 20.2. The van der Waals surface area contributed by atoms with Gasteiger partial charge in [0.1, 0.15) is 5.75 Å². The molecule has 1 heterocycles. The van der Waals surface area contributed by atoms with Gasteiger partial charge in [0, 0.05) is 18.4 Å². The predicted molar refractivity (Wildman–Crippen MR) is 113 cm³/mol. The van der Waals surface area contributed by atoms with Crippen LogP contribution in [-0.2, 0) is 16.0 Å². The van der Waals surface area contributed by atoms with E-state index in [0.717, 1.165) is 24.1 Å². The number of nitrogens with zero attached hydrogens (tertiary/aromatic N) is 1. The highest BCUT2D eigenvalue weighted by Gasteiger charge is 2.15. The fourth-order valence-corrected chi connectivity index (χ4v) is 2.88. The molecule has 0 aliphatic carbocycles. The van der Waals surface area contributed by atoms with Gasteiger partial charge in [0.15, 0.2) is 0 Å². The lowest BCUT2D eigenvalue weighted by molar-refractivity contribution is -0.140. The molecule has 152 valence electrons. The molecule has 4 heteroatoms. The first-order chi connectivity index (χ1) is 13.6. The van der Waals surface area contributed by atoms with Crippen LogP contribution in [0.5, 0.6) is 5.75 Å². The molecule has 0 N–H and O–H groups in total. The van der Waals surface area contributed by atoms with Gasteiger partial charge in [-0.3, -0.25) is 9.78 Å². The average Bonchev–Trinajstić information content (AvgIpc) is 2.72. The minimum Gasteiger partial charge on any atom is -0.426 e. The van der Waals surface area contributed by atoms with Gasteiger partial charge in [0.25, 0.3) is 0 Å². The molecular formula is C24H33NO3. The summed E-state index contributed by atoms with van der Waals surface area (Å²) in [6.07, 6.45) is 9.05. The standard InChI is InChI=1S/C24H33NO3/c1-4-6-7-8-9-20-10-15-23(25-17-20)21-11-13-22(14-12-21)28-24(26)19(3)18-27-16-5-2/h10-15,17,19H,4-9,16,18H2,1-3H3. The summed E-state index contributed by atoms with van der Waals surface area (Å²) in [6.45, 7) is 7.14. The molecule has 1 unspecified atom stereocenters. The van der Waals surface area contributed by atoms with Crippen molar-refractivity contribution in [2.75, 3.05) is 13.2 Å². The summed E-state index contributed by atoms with van der Waals surface area (Å²) in [5.74, 6) is -0.00389. The van der Waals surface area contributed by atoms with Crippen LogP contribution in [0.25, 0.3) is 11.3 Å². The fraction of sp³-hybridized carbons (Fsp3) is 0.500. The summed E-state index contributed by atoms with van der Waals surface area (Å²) in [5, 5.41) is 0. The average molecular weight is 384 g/mol. The second kappa shape index (κ2) is 12.3. The van der Waals surface area contributed by atoms with E-state index in [-0.39, 0.29) is 11.9 Å². The van der Waals surface area contributed by atoms with E-state index >= 15 is 0 Å². The zero-order valence-corrected chi connectivity index (χ0v) is 17.4. The summed E-state index contributed by atoms with van der Waals surface area (Å²) in [4.78, 5) is 16.7. The Morgan fingerprint density at radius 1 is 1.00 bits per heavy atom. The molecule has 0 amide bonds. The molecule has 0 saturated carbocycles. The third kappa shape index (κ3) is 7.43. The maximum atomic E-state index is 12.1. The summed E-state index contributed by atoms with van der Waals surface area (Å²) >= 11 is 0. The van der Waals surface area contributed by atoms with Crippen molar-refractivity contribution in [3.05, 3.63) is 48.2 Å². The van der Waals surface area contributed by atoms with Gasteiger partial charge >= 0.3 is 5.97 Å². The van der Waals surface area contributed by atoms with E-state index in [9.17, 15) is 4.79 Å². The number of carbonyl (C=O) groups excluding carboxylic acids is 1. The number of aryl methyl sites for hydroxylation is 1. The first-order valence-electron chi connectivity index (χ1n) is 10.5. The quantitative estimate of drug-likeness (QED) is 0.262.